The number of nitrogens with one attached hydrogen (secondary N) is 1. The minimum absolute atomic E-state index is 0.434. The van der Waals surface area contributed by atoms with Crippen LogP contribution in [0.3, 0.4) is 0 Å². The van der Waals surface area contributed by atoms with Gasteiger partial charge in [0.25, 0.3) is 5.95 Å². The zero-order valence-corrected chi connectivity index (χ0v) is 10.5. The Bertz CT molecular complexity index is 691. The van der Waals surface area contributed by atoms with E-state index < -0.39 is 0 Å². The average Bonchev–Trinajstić information content (AvgIpc) is 2.94. The molecule has 0 saturated heterocycles. The van der Waals surface area contributed by atoms with E-state index in [4.69, 9.17) is 0 Å². The lowest BCUT2D eigenvalue weighted by Crippen LogP contribution is -2.01. The second kappa shape index (κ2) is 5.70. The van der Waals surface area contributed by atoms with Crippen LogP contribution in [0.15, 0.2) is 59.8 Å². The molecule has 0 bridgehead atoms. The SMILES string of the molecule is C(=Nn1nnnc1Nc1ccccc1)c1ccccn1. The van der Waals surface area contributed by atoms with Gasteiger partial charge in [-0.1, -0.05) is 34.2 Å². The van der Waals surface area contributed by atoms with E-state index in [0.29, 0.717) is 5.95 Å². The molecule has 0 unspecified atom stereocenters. The number of benzene rings is 1. The number of para-hydroxylation sites is 1. The molecule has 0 saturated carbocycles. The molecule has 0 aliphatic heterocycles. The van der Waals surface area contributed by atoms with Crippen LogP contribution >= 0.6 is 0 Å². The molecular weight excluding hydrogens is 254 g/mol. The fourth-order valence-corrected chi connectivity index (χ4v) is 1.55. The van der Waals surface area contributed by atoms with Gasteiger partial charge in [0.15, 0.2) is 0 Å². The molecule has 0 radical (unpaired) electrons. The van der Waals surface area contributed by atoms with Crippen molar-refractivity contribution in [1.29, 1.82) is 0 Å². The number of hydrogen-bond acceptors (Lipinski definition) is 6. The molecule has 1 aromatic carbocycles. The largest absolute Gasteiger partial charge is 0.321 e. The number of aromatic nitrogens is 5. The summed E-state index contributed by atoms with van der Waals surface area (Å²) in [5, 5.41) is 18.5. The number of tetrazole rings is 1. The molecule has 98 valence electrons. The molecule has 0 aliphatic carbocycles. The molecule has 0 atom stereocenters. The molecule has 0 amide bonds. The summed E-state index contributed by atoms with van der Waals surface area (Å²) in [4.78, 5) is 5.45. The van der Waals surface area contributed by atoms with Crippen LogP contribution in [0.1, 0.15) is 5.69 Å². The van der Waals surface area contributed by atoms with Gasteiger partial charge in [-0.3, -0.25) is 4.98 Å². The molecule has 0 fully saturated rings. The predicted molar refractivity (Wildman–Crippen MR) is 74.8 cm³/mol. The third kappa shape index (κ3) is 2.83. The summed E-state index contributed by atoms with van der Waals surface area (Å²) in [5.41, 5.74) is 1.62. The normalized spacial score (nSPS) is 10.8. The zero-order chi connectivity index (χ0) is 13.6. The maximum atomic E-state index is 4.16. The third-order valence-corrected chi connectivity index (χ3v) is 2.47. The lowest BCUT2D eigenvalue weighted by Gasteiger charge is -2.02. The summed E-state index contributed by atoms with van der Waals surface area (Å²) in [5.74, 6) is 0.434. The second-order valence-electron chi connectivity index (χ2n) is 3.88. The first-order valence-corrected chi connectivity index (χ1v) is 5.98. The van der Waals surface area contributed by atoms with Crippen LogP contribution in [0, 0.1) is 0 Å². The van der Waals surface area contributed by atoms with E-state index in [0.717, 1.165) is 11.4 Å². The van der Waals surface area contributed by atoms with Gasteiger partial charge in [-0.15, -0.1) is 0 Å². The van der Waals surface area contributed by atoms with Crippen molar-refractivity contribution in [1.82, 2.24) is 25.3 Å². The van der Waals surface area contributed by atoms with E-state index in [1.165, 1.54) is 4.79 Å². The summed E-state index contributed by atoms with van der Waals surface area (Å²) in [6.45, 7) is 0. The molecule has 7 heteroatoms. The van der Waals surface area contributed by atoms with Crippen molar-refractivity contribution in [3.8, 4) is 0 Å². The van der Waals surface area contributed by atoms with E-state index in [1.54, 1.807) is 12.4 Å². The van der Waals surface area contributed by atoms with Gasteiger partial charge in [0.2, 0.25) is 0 Å². The maximum absolute atomic E-state index is 4.16. The molecule has 3 rings (SSSR count). The van der Waals surface area contributed by atoms with E-state index in [1.807, 2.05) is 48.5 Å². The summed E-state index contributed by atoms with van der Waals surface area (Å²) >= 11 is 0. The average molecular weight is 265 g/mol. The second-order valence-corrected chi connectivity index (χ2v) is 3.88. The van der Waals surface area contributed by atoms with E-state index in [2.05, 4.69) is 30.9 Å². The lowest BCUT2D eigenvalue weighted by molar-refractivity contribution is 0.698. The Hall–Kier alpha value is -3.09. The molecule has 0 spiro atoms. The van der Waals surface area contributed by atoms with E-state index in [-0.39, 0.29) is 0 Å². The van der Waals surface area contributed by atoms with Crippen LogP contribution in [-0.4, -0.2) is 31.5 Å². The standard InChI is InChI=1S/C13H11N7/c1-2-6-11(7-3-1)16-13-17-18-19-20(13)15-10-12-8-4-5-9-14-12/h1-10H,(H,16,17,19). The van der Waals surface area contributed by atoms with Crippen LogP contribution in [-0.2, 0) is 0 Å². The van der Waals surface area contributed by atoms with Crippen LogP contribution in [0.25, 0.3) is 0 Å². The summed E-state index contributed by atoms with van der Waals surface area (Å²) in [6.07, 6.45) is 3.29. The molecule has 2 aromatic heterocycles. The number of hydrogen-bond donors (Lipinski definition) is 1. The first-order valence-electron chi connectivity index (χ1n) is 5.98. The fourth-order valence-electron chi connectivity index (χ4n) is 1.55. The summed E-state index contributed by atoms with van der Waals surface area (Å²) in [6, 6.07) is 15.2. The highest BCUT2D eigenvalue weighted by atomic mass is 15.7. The van der Waals surface area contributed by atoms with Crippen molar-refractivity contribution in [3.63, 3.8) is 0 Å². The Balaban J connectivity index is 1.79. The fraction of sp³-hybridized carbons (Fsp3) is 0. The predicted octanol–water partition coefficient (Wildman–Crippen LogP) is 1.69. The first kappa shape index (κ1) is 12.0. The highest BCUT2D eigenvalue weighted by Crippen LogP contribution is 2.11. The molecule has 0 aliphatic rings. The molecular formula is C13H11N7. The monoisotopic (exact) mass is 265 g/mol. The van der Waals surface area contributed by atoms with Gasteiger partial charge in [-0.05, 0) is 34.7 Å². The van der Waals surface area contributed by atoms with Crippen molar-refractivity contribution in [2.75, 3.05) is 5.32 Å². The Labute approximate surface area is 115 Å². The Morgan fingerprint density at radius 1 is 1.05 bits per heavy atom. The molecule has 1 N–H and O–H groups in total. The van der Waals surface area contributed by atoms with Crippen LogP contribution < -0.4 is 5.32 Å². The smallest absolute Gasteiger partial charge is 0.269 e. The van der Waals surface area contributed by atoms with Gasteiger partial charge in [0.05, 0.1) is 11.9 Å². The van der Waals surface area contributed by atoms with Gasteiger partial charge in [0.1, 0.15) is 0 Å². The topological polar surface area (TPSA) is 80.9 Å². The number of rotatable bonds is 4. The highest BCUT2D eigenvalue weighted by Gasteiger charge is 2.04. The Morgan fingerprint density at radius 2 is 1.90 bits per heavy atom. The molecule has 20 heavy (non-hydrogen) atoms. The van der Waals surface area contributed by atoms with Gasteiger partial charge in [-0.2, -0.15) is 5.10 Å². The minimum Gasteiger partial charge on any atom is -0.321 e. The van der Waals surface area contributed by atoms with Gasteiger partial charge in [0, 0.05) is 11.9 Å². The van der Waals surface area contributed by atoms with Crippen molar-refractivity contribution in [2.45, 2.75) is 0 Å². The summed E-state index contributed by atoms with van der Waals surface area (Å²) in [7, 11) is 0. The van der Waals surface area contributed by atoms with Gasteiger partial charge >= 0.3 is 0 Å². The van der Waals surface area contributed by atoms with Crippen molar-refractivity contribution >= 4 is 17.9 Å². The van der Waals surface area contributed by atoms with Crippen molar-refractivity contribution in [2.24, 2.45) is 5.10 Å². The zero-order valence-electron chi connectivity index (χ0n) is 10.5. The van der Waals surface area contributed by atoms with Gasteiger partial charge in [-0.25, -0.2) is 0 Å². The van der Waals surface area contributed by atoms with Crippen LogP contribution in [0.2, 0.25) is 0 Å². The molecule has 7 nitrogen and oxygen atoms in total. The van der Waals surface area contributed by atoms with Crippen molar-refractivity contribution in [3.05, 3.63) is 60.4 Å². The number of anilines is 2. The number of pyridine rings is 1. The highest BCUT2D eigenvalue weighted by molar-refractivity contribution is 5.76. The Morgan fingerprint density at radius 3 is 2.70 bits per heavy atom. The quantitative estimate of drug-likeness (QED) is 0.726. The maximum Gasteiger partial charge on any atom is 0.269 e. The van der Waals surface area contributed by atoms with E-state index >= 15 is 0 Å². The molecule has 3 aromatic rings. The lowest BCUT2D eigenvalue weighted by atomic mass is 10.3. The number of nitrogens with zero attached hydrogens (tertiary/aromatic N) is 6. The third-order valence-electron chi connectivity index (χ3n) is 2.47. The Kier molecular flexibility index (Phi) is 3.41. The van der Waals surface area contributed by atoms with Crippen LogP contribution in [0.4, 0.5) is 11.6 Å². The van der Waals surface area contributed by atoms with Gasteiger partial charge < -0.3 is 5.32 Å². The summed E-state index contributed by atoms with van der Waals surface area (Å²) < 4.78 is 0. The minimum atomic E-state index is 0.434. The van der Waals surface area contributed by atoms with Crippen LogP contribution in [0.5, 0.6) is 0 Å². The first-order chi connectivity index (χ1) is 9.92. The molecule has 2 heterocycles. The van der Waals surface area contributed by atoms with Crippen molar-refractivity contribution < 1.29 is 0 Å². The van der Waals surface area contributed by atoms with E-state index in [9.17, 15) is 0 Å².